The average Bonchev–Trinajstić information content (AvgIpc) is 3.18. The lowest BCUT2D eigenvalue weighted by molar-refractivity contribution is 0.129. The van der Waals surface area contributed by atoms with E-state index in [9.17, 15) is 5.11 Å². The Morgan fingerprint density at radius 3 is 2.35 bits per heavy atom. The van der Waals surface area contributed by atoms with Crippen LogP contribution in [0, 0.1) is 0 Å². The Morgan fingerprint density at radius 1 is 0.784 bits per heavy atom. The number of benzene rings is 3. The Balaban J connectivity index is 1.20. The van der Waals surface area contributed by atoms with Gasteiger partial charge < -0.3 is 14.7 Å². The van der Waals surface area contributed by atoms with Gasteiger partial charge in [0.1, 0.15) is 0 Å². The quantitative estimate of drug-likeness (QED) is 0.329. The Hall–Kier alpha value is -3.83. The average molecular weight is 490 g/mol. The normalized spacial score (nSPS) is 22.3. The molecule has 3 aromatic carbocycles. The second-order valence-electron chi connectivity index (χ2n) is 10.5. The number of para-hydroxylation sites is 1. The summed E-state index contributed by atoms with van der Waals surface area (Å²) >= 11 is 0. The van der Waals surface area contributed by atoms with Crippen molar-refractivity contribution in [3.05, 3.63) is 96.8 Å². The SMILES string of the molecule is Oc1cccc2c1Oc1cc(-c3ccncc3)ccc1N2[C@H]1C[C@H]2CC[C@@H](C1)N2CCc1ccccc1. The second-order valence-corrected chi connectivity index (χ2v) is 10.5. The zero-order valence-electron chi connectivity index (χ0n) is 20.8. The molecule has 3 atom stereocenters. The number of pyridine rings is 1. The molecule has 37 heavy (non-hydrogen) atoms. The van der Waals surface area contributed by atoms with E-state index in [0.717, 1.165) is 54.1 Å². The third-order valence-electron chi connectivity index (χ3n) is 8.40. The van der Waals surface area contributed by atoms with E-state index in [0.29, 0.717) is 23.9 Å². The number of phenolic OH excluding ortho intramolecular Hbond substituents is 1. The summed E-state index contributed by atoms with van der Waals surface area (Å²) in [5.74, 6) is 1.54. The van der Waals surface area contributed by atoms with Gasteiger partial charge in [0, 0.05) is 37.1 Å². The number of aromatic hydroxyl groups is 1. The third-order valence-corrected chi connectivity index (χ3v) is 8.40. The minimum atomic E-state index is 0.186. The van der Waals surface area contributed by atoms with Gasteiger partial charge in [-0.05, 0) is 85.2 Å². The molecular formula is C32H31N3O2. The highest BCUT2D eigenvalue weighted by molar-refractivity contribution is 5.83. The number of rotatable bonds is 5. The summed E-state index contributed by atoms with van der Waals surface area (Å²) in [6.07, 6.45) is 9.49. The molecule has 1 N–H and O–H groups in total. The zero-order chi connectivity index (χ0) is 24.8. The molecule has 0 saturated carbocycles. The van der Waals surface area contributed by atoms with Crippen LogP contribution in [0.3, 0.4) is 0 Å². The van der Waals surface area contributed by atoms with Gasteiger partial charge in [0.25, 0.3) is 0 Å². The predicted molar refractivity (Wildman–Crippen MR) is 147 cm³/mol. The summed E-state index contributed by atoms with van der Waals surface area (Å²) in [6.45, 7) is 1.12. The Bertz CT molecular complexity index is 1390. The molecule has 2 saturated heterocycles. The number of ether oxygens (including phenoxy) is 1. The molecule has 0 aliphatic carbocycles. The fourth-order valence-electron chi connectivity index (χ4n) is 6.68. The molecule has 0 spiro atoms. The van der Waals surface area contributed by atoms with Gasteiger partial charge in [-0.25, -0.2) is 0 Å². The Labute approximate surface area is 218 Å². The van der Waals surface area contributed by atoms with Gasteiger partial charge in [-0.2, -0.15) is 0 Å². The molecule has 1 aromatic heterocycles. The highest BCUT2D eigenvalue weighted by atomic mass is 16.5. The first-order valence-electron chi connectivity index (χ1n) is 13.4. The Kier molecular flexibility index (Phi) is 5.59. The van der Waals surface area contributed by atoms with Crippen LogP contribution in [-0.4, -0.2) is 39.7 Å². The molecule has 0 amide bonds. The van der Waals surface area contributed by atoms with Crippen LogP contribution in [0.15, 0.2) is 91.3 Å². The monoisotopic (exact) mass is 489 g/mol. The number of nitrogens with zero attached hydrogens (tertiary/aromatic N) is 3. The number of piperidine rings is 1. The van der Waals surface area contributed by atoms with Crippen molar-refractivity contribution in [2.24, 2.45) is 0 Å². The van der Waals surface area contributed by atoms with E-state index < -0.39 is 0 Å². The second kappa shape index (κ2) is 9.24. The van der Waals surface area contributed by atoms with E-state index in [1.165, 1.54) is 18.4 Å². The molecule has 5 nitrogen and oxygen atoms in total. The Morgan fingerprint density at radius 2 is 1.57 bits per heavy atom. The number of fused-ring (bicyclic) bond motifs is 4. The van der Waals surface area contributed by atoms with Crippen molar-refractivity contribution in [3.8, 4) is 28.4 Å². The lowest BCUT2D eigenvalue weighted by atomic mass is 9.93. The number of anilines is 2. The standard InChI is InChI=1S/C32H31N3O2/c36-30-8-4-7-29-32(30)37-31-19-24(23-13-16-33-17-14-23)9-12-28(31)35(29)27-20-25-10-11-26(21-27)34(25)18-15-22-5-2-1-3-6-22/h1-9,12-14,16-17,19,25-27,36H,10-11,15,18,20-21H2/t25-,26+,27+. The van der Waals surface area contributed by atoms with E-state index in [1.807, 2.05) is 30.6 Å². The maximum atomic E-state index is 10.8. The minimum absolute atomic E-state index is 0.186. The highest BCUT2D eigenvalue weighted by Gasteiger charge is 2.44. The van der Waals surface area contributed by atoms with Crippen molar-refractivity contribution in [2.45, 2.75) is 50.2 Å². The number of phenols is 1. The molecule has 0 radical (unpaired) electrons. The van der Waals surface area contributed by atoms with Crippen LogP contribution in [-0.2, 0) is 6.42 Å². The molecule has 7 rings (SSSR count). The summed E-state index contributed by atoms with van der Waals surface area (Å²) in [6, 6.07) is 28.6. The van der Waals surface area contributed by atoms with Crippen LogP contribution in [0.1, 0.15) is 31.2 Å². The summed E-state index contributed by atoms with van der Waals surface area (Å²) < 4.78 is 6.35. The molecule has 3 aliphatic rings. The van der Waals surface area contributed by atoms with E-state index in [1.54, 1.807) is 6.07 Å². The minimum Gasteiger partial charge on any atom is -0.504 e. The van der Waals surface area contributed by atoms with E-state index in [-0.39, 0.29) is 5.75 Å². The summed E-state index contributed by atoms with van der Waals surface area (Å²) in [5.41, 5.74) is 5.64. The highest BCUT2D eigenvalue weighted by Crippen LogP contribution is 2.54. The van der Waals surface area contributed by atoms with Crippen LogP contribution >= 0.6 is 0 Å². The van der Waals surface area contributed by atoms with Gasteiger partial charge >= 0.3 is 0 Å². The molecule has 2 bridgehead atoms. The maximum Gasteiger partial charge on any atom is 0.192 e. The first-order valence-corrected chi connectivity index (χ1v) is 13.4. The number of hydrogen-bond acceptors (Lipinski definition) is 5. The molecule has 3 aliphatic heterocycles. The van der Waals surface area contributed by atoms with Crippen LogP contribution in [0.2, 0.25) is 0 Å². The number of hydrogen-bond donors (Lipinski definition) is 1. The van der Waals surface area contributed by atoms with Crippen molar-refractivity contribution in [3.63, 3.8) is 0 Å². The summed E-state index contributed by atoms with van der Waals surface area (Å²) in [7, 11) is 0. The van der Waals surface area contributed by atoms with E-state index in [4.69, 9.17) is 4.74 Å². The summed E-state index contributed by atoms with van der Waals surface area (Å²) in [5, 5.41) is 10.8. The first-order chi connectivity index (χ1) is 18.2. The molecular weight excluding hydrogens is 458 g/mol. The predicted octanol–water partition coefficient (Wildman–Crippen LogP) is 6.94. The topological polar surface area (TPSA) is 48.8 Å². The van der Waals surface area contributed by atoms with Gasteiger partial charge in [-0.1, -0.05) is 42.5 Å². The summed E-state index contributed by atoms with van der Waals surface area (Å²) in [4.78, 5) is 9.37. The molecule has 5 heteroatoms. The lowest BCUT2D eigenvalue weighted by Gasteiger charge is -2.46. The van der Waals surface area contributed by atoms with Crippen molar-refractivity contribution in [1.82, 2.24) is 9.88 Å². The van der Waals surface area contributed by atoms with Gasteiger partial charge in [-0.15, -0.1) is 0 Å². The maximum absolute atomic E-state index is 10.8. The van der Waals surface area contributed by atoms with Crippen molar-refractivity contribution in [1.29, 1.82) is 0 Å². The van der Waals surface area contributed by atoms with Gasteiger partial charge in [0.2, 0.25) is 0 Å². The van der Waals surface area contributed by atoms with Crippen LogP contribution < -0.4 is 9.64 Å². The molecule has 4 aromatic rings. The number of aromatic nitrogens is 1. The van der Waals surface area contributed by atoms with E-state index in [2.05, 4.69) is 69.4 Å². The van der Waals surface area contributed by atoms with E-state index >= 15 is 0 Å². The largest absolute Gasteiger partial charge is 0.504 e. The van der Waals surface area contributed by atoms with Gasteiger partial charge in [-0.3, -0.25) is 9.88 Å². The smallest absolute Gasteiger partial charge is 0.192 e. The first kappa shape index (κ1) is 22.4. The fraction of sp³-hybridized carbons (Fsp3) is 0.281. The van der Waals surface area contributed by atoms with Crippen molar-refractivity contribution >= 4 is 11.4 Å². The van der Waals surface area contributed by atoms with Crippen LogP contribution in [0.5, 0.6) is 17.2 Å². The zero-order valence-corrected chi connectivity index (χ0v) is 20.8. The molecule has 186 valence electrons. The van der Waals surface area contributed by atoms with Crippen LogP contribution in [0.25, 0.3) is 11.1 Å². The molecule has 2 fully saturated rings. The molecule has 4 heterocycles. The lowest BCUT2D eigenvalue weighted by Crippen LogP contribution is -2.50. The van der Waals surface area contributed by atoms with Gasteiger partial charge in [0.05, 0.1) is 11.4 Å². The third kappa shape index (κ3) is 4.04. The van der Waals surface area contributed by atoms with Crippen LogP contribution in [0.4, 0.5) is 11.4 Å². The van der Waals surface area contributed by atoms with Crippen molar-refractivity contribution in [2.75, 3.05) is 11.4 Å². The van der Waals surface area contributed by atoms with Crippen molar-refractivity contribution < 1.29 is 9.84 Å². The molecule has 0 unspecified atom stereocenters. The van der Waals surface area contributed by atoms with Gasteiger partial charge in [0.15, 0.2) is 17.2 Å². The fourth-order valence-corrected chi connectivity index (χ4v) is 6.68.